The van der Waals surface area contributed by atoms with Crippen molar-refractivity contribution >= 4 is 5.91 Å². The number of rotatable bonds is 3. The van der Waals surface area contributed by atoms with Crippen LogP contribution in [0.3, 0.4) is 0 Å². The van der Waals surface area contributed by atoms with E-state index in [0.717, 1.165) is 25.9 Å². The average Bonchev–Trinajstić information content (AvgIpc) is 2.15. The second kappa shape index (κ2) is 5.35. The lowest BCUT2D eigenvalue weighted by Crippen LogP contribution is -2.47. The van der Waals surface area contributed by atoms with E-state index in [1.54, 1.807) is 0 Å². The lowest BCUT2D eigenvalue weighted by molar-refractivity contribution is -0.126. The molecule has 1 saturated heterocycles. The first-order valence-corrected chi connectivity index (χ1v) is 5.62. The van der Waals surface area contributed by atoms with E-state index < -0.39 is 0 Å². The number of carbonyl (C=O) groups is 1. The van der Waals surface area contributed by atoms with Crippen molar-refractivity contribution in [1.29, 1.82) is 0 Å². The van der Waals surface area contributed by atoms with Crippen molar-refractivity contribution in [3.05, 3.63) is 0 Å². The molecule has 1 heterocycles. The molecule has 3 nitrogen and oxygen atoms in total. The predicted octanol–water partition coefficient (Wildman–Crippen LogP) is 1.15. The summed E-state index contributed by atoms with van der Waals surface area (Å²) in [5.74, 6) is 0.923. The number of nitrogens with one attached hydrogen (secondary N) is 2. The van der Waals surface area contributed by atoms with E-state index in [4.69, 9.17) is 0 Å². The van der Waals surface area contributed by atoms with Crippen molar-refractivity contribution in [2.45, 2.75) is 39.7 Å². The van der Waals surface area contributed by atoms with E-state index in [2.05, 4.69) is 31.4 Å². The fraction of sp³-hybridized carbons (Fsp3) is 0.909. The summed E-state index contributed by atoms with van der Waals surface area (Å²) < 4.78 is 0. The maximum Gasteiger partial charge on any atom is 0.224 e. The highest BCUT2D eigenvalue weighted by atomic mass is 16.1. The number of hydrogen-bond acceptors (Lipinski definition) is 2. The highest BCUT2D eigenvalue weighted by molar-refractivity contribution is 5.79. The van der Waals surface area contributed by atoms with Crippen LogP contribution in [-0.4, -0.2) is 25.0 Å². The molecule has 0 aliphatic carbocycles. The summed E-state index contributed by atoms with van der Waals surface area (Å²) >= 11 is 0. The fourth-order valence-corrected chi connectivity index (χ4v) is 1.84. The van der Waals surface area contributed by atoms with Gasteiger partial charge in [0.05, 0.1) is 5.92 Å². The number of amides is 1. The Labute approximate surface area is 86.6 Å². The summed E-state index contributed by atoms with van der Waals surface area (Å²) in [6.45, 7) is 8.17. The first-order chi connectivity index (χ1) is 6.61. The third-order valence-electron chi connectivity index (χ3n) is 2.78. The van der Waals surface area contributed by atoms with Gasteiger partial charge in [-0.25, -0.2) is 0 Å². The van der Waals surface area contributed by atoms with Gasteiger partial charge in [-0.15, -0.1) is 0 Å². The van der Waals surface area contributed by atoms with Crippen LogP contribution in [0.2, 0.25) is 0 Å². The third-order valence-corrected chi connectivity index (χ3v) is 2.78. The van der Waals surface area contributed by atoms with E-state index in [1.165, 1.54) is 0 Å². The van der Waals surface area contributed by atoms with Gasteiger partial charge in [-0.1, -0.05) is 13.8 Å². The molecule has 1 aliphatic heterocycles. The summed E-state index contributed by atoms with van der Waals surface area (Å²) in [6.07, 6.45) is 2.14. The zero-order valence-electron chi connectivity index (χ0n) is 9.47. The highest BCUT2D eigenvalue weighted by Crippen LogP contribution is 2.16. The van der Waals surface area contributed by atoms with Gasteiger partial charge in [0, 0.05) is 12.6 Å². The maximum atomic E-state index is 11.8. The van der Waals surface area contributed by atoms with Crippen LogP contribution < -0.4 is 10.6 Å². The second-order valence-electron chi connectivity index (χ2n) is 4.63. The quantitative estimate of drug-likeness (QED) is 0.714. The third kappa shape index (κ3) is 3.29. The minimum atomic E-state index is 0.169. The molecule has 14 heavy (non-hydrogen) atoms. The Morgan fingerprint density at radius 2 is 2.29 bits per heavy atom. The van der Waals surface area contributed by atoms with E-state index in [9.17, 15) is 4.79 Å². The Balaban J connectivity index is 2.34. The average molecular weight is 198 g/mol. The SMILES string of the molecule is CC(C)CNC(=O)[C@@H]1CCCN[C@@H]1C. The molecule has 1 fully saturated rings. The van der Waals surface area contributed by atoms with Crippen molar-refractivity contribution in [1.82, 2.24) is 10.6 Å². The topological polar surface area (TPSA) is 41.1 Å². The molecule has 0 bridgehead atoms. The fourth-order valence-electron chi connectivity index (χ4n) is 1.84. The number of carbonyl (C=O) groups excluding carboxylic acids is 1. The number of piperidine rings is 1. The normalized spacial score (nSPS) is 27.7. The van der Waals surface area contributed by atoms with Gasteiger partial charge in [-0.3, -0.25) is 4.79 Å². The molecule has 1 amide bonds. The van der Waals surface area contributed by atoms with Gasteiger partial charge < -0.3 is 10.6 Å². The molecule has 0 spiro atoms. The van der Waals surface area contributed by atoms with Crippen LogP contribution in [0.15, 0.2) is 0 Å². The summed E-state index contributed by atoms with van der Waals surface area (Å²) in [4.78, 5) is 11.8. The molecule has 0 radical (unpaired) electrons. The Morgan fingerprint density at radius 1 is 1.57 bits per heavy atom. The number of hydrogen-bond donors (Lipinski definition) is 2. The van der Waals surface area contributed by atoms with Crippen LogP contribution in [0.1, 0.15) is 33.6 Å². The van der Waals surface area contributed by atoms with Gasteiger partial charge in [-0.05, 0) is 32.2 Å². The standard InChI is InChI=1S/C11H22N2O/c1-8(2)7-13-11(14)10-5-4-6-12-9(10)3/h8-10,12H,4-7H2,1-3H3,(H,13,14)/t9-,10-/m1/s1. The van der Waals surface area contributed by atoms with Gasteiger partial charge in [0.2, 0.25) is 5.91 Å². The summed E-state index contributed by atoms with van der Waals surface area (Å²) in [6, 6.07) is 0.330. The monoisotopic (exact) mass is 198 g/mol. The molecular weight excluding hydrogens is 176 g/mol. The van der Waals surface area contributed by atoms with Gasteiger partial charge in [0.15, 0.2) is 0 Å². The van der Waals surface area contributed by atoms with Gasteiger partial charge in [-0.2, -0.15) is 0 Å². The van der Waals surface area contributed by atoms with Crippen LogP contribution >= 0.6 is 0 Å². The Kier molecular flexibility index (Phi) is 4.39. The minimum Gasteiger partial charge on any atom is -0.356 e. The van der Waals surface area contributed by atoms with Crippen molar-refractivity contribution in [3.8, 4) is 0 Å². The molecule has 0 aromatic carbocycles. The Morgan fingerprint density at radius 3 is 2.86 bits per heavy atom. The lowest BCUT2D eigenvalue weighted by atomic mass is 9.91. The Hall–Kier alpha value is -0.570. The van der Waals surface area contributed by atoms with Crippen LogP contribution in [0, 0.1) is 11.8 Å². The van der Waals surface area contributed by atoms with Crippen molar-refractivity contribution in [2.24, 2.45) is 11.8 Å². The predicted molar refractivity (Wildman–Crippen MR) is 58.0 cm³/mol. The van der Waals surface area contributed by atoms with Crippen molar-refractivity contribution in [3.63, 3.8) is 0 Å². The van der Waals surface area contributed by atoms with Crippen molar-refractivity contribution < 1.29 is 4.79 Å². The molecule has 0 aromatic heterocycles. The van der Waals surface area contributed by atoms with Gasteiger partial charge in [0.1, 0.15) is 0 Å². The summed E-state index contributed by atoms with van der Waals surface area (Å²) in [5.41, 5.74) is 0. The first kappa shape index (κ1) is 11.5. The van der Waals surface area contributed by atoms with Crippen molar-refractivity contribution in [2.75, 3.05) is 13.1 Å². The summed E-state index contributed by atoms with van der Waals surface area (Å²) in [7, 11) is 0. The largest absolute Gasteiger partial charge is 0.356 e. The maximum absolute atomic E-state index is 11.8. The molecule has 0 aromatic rings. The molecule has 0 unspecified atom stereocenters. The molecule has 0 saturated carbocycles. The zero-order valence-corrected chi connectivity index (χ0v) is 9.47. The molecule has 1 aliphatic rings. The van der Waals surface area contributed by atoms with Gasteiger partial charge in [0.25, 0.3) is 0 Å². The zero-order chi connectivity index (χ0) is 10.6. The van der Waals surface area contributed by atoms with Crippen LogP contribution in [0.5, 0.6) is 0 Å². The molecule has 1 rings (SSSR count). The Bertz CT molecular complexity index is 192. The van der Waals surface area contributed by atoms with Crippen LogP contribution in [-0.2, 0) is 4.79 Å². The molecular formula is C11H22N2O. The molecule has 2 N–H and O–H groups in total. The minimum absolute atomic E-state index is 0.169. The van der Waals surface area contributed by atoms with Crippen LogP contribution in [0.4, 0.5) is 0 Å². The molecule has 82 valence electrons. The van der Waals surface area contributed by atoms with Gasteiger partial charge >= 0.3 is 0 Å². The second-order valence-corrected chi connectivity index (χ2v) is 4.63. The molecule has 3 heteroatoms. The first-order valence-electron chi connectivity index (χ1n) is 5.62. The van der Waals surface area contributed by atoms with E-state index in [0.29, 0.717) is 12.0 Å². The van der Waals surface area contributed by atoms with Crippen LogP contribution in [0.25, 0.3) is 0 Å². The summed E-state index contributed by atoms with van der Waals surface area (Å²) in [5, 5.41) is 6.34. The van der Waals surface area contributed by atoms with E-state index in [-0.39, 0.29) is 11.8 Å². The van der Waals surface area contributed by atoms with E-state index >= 15 is 0 Å². The smallest absolute Gasteiger partial charge is 0.224 e. The van der Waals surface area contributed by atoms with E-state index in [1.807, 2.05) is 0 Å². The lowest BCUT2D eigenvalue weighted by Gasteiger charge is -2.29. The highest BCUT2D eigenvalue weighted by Gasteiger charge is 2.26. The molecule has 2 atom stereocenters.